The Kier molecular flexibility index (Phi) is 5.63. The van der Waals surface area contributed by atoms with Crippen LogP contribution in [0.1, 0.15) is 38.5 Å². The lowest BCUT2D eigenvalue weighted by atomic mass is 10.1. The first-order chi connectivity index (χ1) is 9.25. The van der Waals surface area contributed by atoms with Gasteiger partial charge in [0.05, 0.1) is 6.54 Å². The summed E-state index contributed by atoms with van der Waals surface area (Å²) < 4.78 is 0. The van der Waals surface area contributed by atoms with Crippen LogP contribution < -0.4 is 10.6 Å². The van der Waals surface area contributed by atoms with Crippen LogP contribution in [-0.4, -0.2) is 49.4 Å². The summed E-state index contributed by atoms with van der Waals surface area (Å²) >= 11 is 0. The normalized spacial score (nSPS) is 24.3. The monoisotopic (exact) mass is 267 g/mol. The van der Waals surface area contributed by atoms with E-state index >= 15 is 0 Å². The molecule has 0 aromatic heterocycles. The highest BCUT2D eigenvalue weighted by molar-refractivity contribution is 5.84. The average molecular weight is 267 g/mol. The molecule has 0 spiro atoms. The van der Waals surface area contributed by atoms with Gasteiger partial charge < -0.3 is 15.5 Å². The molecule has 5 heteroatoms. The number of carbonyl (C=O) groups is 2. The van der Waals surface area contributed by atoms with Crippen LogP contribution in [0.2, 0.25) is 0 Å². The standard InChI is InChI=1S/C14H25N3O2/c18-13(16-8-6-12-5-7-15-10-12)11-17-9-3-1-2-4-14(17)19/h12,15H,1-11H2,(H,16,18). The van der Waals surface area contributed by atoms with Gasteiger partial charge in [0.15, 0.2) is 0 Å². The van der Waals surface area contributed by atoms with Gasteiger partial charge in [-0.1, -0.05) is 6.42 Å². The highest BCUT2D eigenvalue weighted by Gasteiger charge is 2.19. The van der Waals surface area contributed by atoms with E-state index in [0.717, 1.165) is 51.9 Å². The Balaban J connectivity index is 1.63. The summed E-state index contributed by atoms with van der Waals surface area (Å²) in [5.41, 5.74) is 0. The fraction of sp³-hybridized carbons (Fsp3) is 0.857. The zero-order chi connectivity index (χ0) is 13.5. The third kappa shape index (κ3) is 4.82. The second-order valence-electron chi connectivity index (χ2n) is 5.62. The van der Waals surface area contributed by atoms with Crippen molar-refractivity contribution in [1.29, 1.82) is 0 Å². The van der Waals surface area contributed by atoms with Gasteiger partial charge in [-0.2, -0.15) is 0 Å². The van der Waals surface area contributed by atoms with E-state index < -0.39 is 0 Å². The van der Waals surface area contributed by atoms with Gasteiger partial charge in [0, 0.05) is 19.5 Å². The molecule has 2 N–H and O–H groups in total. The first-order valence-corrected chi connectivity index (χ1v) is 7.51. The summed E-state index contributed by atoms with van der Waals surface area (Å²) in [5, 5.41) is 6.26. The Bertz CT molecular complexity index is 314. The SMILES string of the molecule is O=C(CN1CCCCCC1=O)NCCC1CCNC1. The van der Waals surface area contributed by atoms with E-state index in [4.69, 9.17) is 0 Å². The number of amides is 2. The molecule has 1 atom stereocenters. The first kappa shape index (κ1) is 14.3. The molecule has 0 aromatic rings. The van der Waals surface area contributed by atoms with E-state index in [-0.39, 0.29) is 18.4 Å². The van der Waals surface area contributed by atoms with E-state index in [1.54, 1.807) is 4.90 Å². The molecule has 0 aromatic carbocycles. The van der Waals surface area contributed by atoms with Gasteiger partial charge in [0.25, 0.3) is 0 Å². The van der Waals surface area contributed by atoms with Crippen molar-refractivity contribution >= 4 is 11.8 Å². The quantitative estimate of drug-likeness (QED) is 0.763. The maximum absolute atomic E-state index is 11.8. The number of nitrogens with one attached hydrogen (secondary N) is 2. The number of rotatable bonds is 5. The summed E-state index contributed by atoms with van der Waals surface area (Å²) in [6, 6.07) is 0. The maximum Gasteiger partial charge on any atom is 0.239 e. The molecule has 0 saturated carbocycles. The number of nitrogens with zero attached hydrogens (tertiary/aromatic N) is 1. The van der Waals surface area contributed by atoms with Crippen molar-refractivity contribution in [2.24, 2.45) is 5.92 Å². The molecule has 19 heavy (non-hydrogen) atoms. The highest BCUT2D eigenvalue weighted by atomic mass is 16.2. The van der Waals surface area contributed by atoms with Crippen LogP contribution in [0.5, 0.6) is 0 Å². The van der Waals surface area contributed by atoms with Crippen molar-refractivity contribution in [2.75, 3.05) is 32.7 Å². The minimum Gasteiger partial charge on any atom is -0.355 e. The molecule has 0 aliphatic carbocycles. The van der Waals surface area contributed by atoms with Gasteiger partial charge >= 0.3 is 0 Å². The third-order valence-corrected chi connectivity index (χ3v) is 4.04. The van der Waals surface area contributed by atoms with Crippen LogP contribution >= 0.6 is 0 Å². The van der Waals surface area contributed by atoms with Crippen LogP contribution in [0.15, 0.2) is 0 Å². The zero-order valence-corrected chi connectivity index (χ0v) is 11.6. The molecule has 2 aliphatic rings. The molecule has 0 radical (unpaired) electrons. The van der Waals surface area contributed by atoms with E-state index in [9.17, 15) is 9.59 Å². The molecular weight excluding hydrogens is 242 g/mol. The molecule has 2 heterocycles. The van der Waals surface area contributed by atoms with Gasteiger partial charge in [0.1, 0.15) is 0 Å². The van der Waals surface area contributed by atoms with Gasteiger partial charge in [-0.3, -0.25) is 9.59 Å². The van der Waals surface area contributed by atoms with Crippen LogP contribution in [-0.2, 0) is 9.59 Å². The van der Waals surface area contributed by atoms with Crippen LogP contribution in [0.4, 0.5) is 0 Å². The molecule has 0 bridgehead atoms. The molecule has 5 nitrogen and oxygen atoms in total. The minimum atomic E-state index is -0.0128. The molecule has 2 fully saturated rings. The average Bonchev–Trinajstić information content (AvgIpc) is 2.82. The molecule has 2 rings (SSSR count). The van der Waals surface area contributed by atoms with Crippen molar-refractivity contribution in [3.63, 3.8) is 0 Å². The summed E-state index contributed by atoms with van der Waals surface area (Å²) in [7, 11) is 0. The summed E-state index contributed by atoms with van der Waals surface area (Å²) in [6.07, 6.45) is 5.92. The lowest BCUT2D eigenvalue weighted by Crippen LogP contribution is -2.41. The Morgan fingerprint density at radius 2 is 2.26 bits per heavy atom. The van der Waals surface area contributed by atoms with Gasteiger partial charge in [-0.15, -0.1) is 0 Å². The predicted molar refractivity (Wildman–Crippen MR) is 73.7 cm³/mol. The summed E-state index contributed by atoms with van der Waals surface area (Å²) in [6.45, 7) is 3.87. The van der Waals surface area contributed by atoms with Crippen molar-refractivity contribution in [3.05, 3.63) is 0 Å². The Labute approximate surface area is 115 Å². The van der Waals surface area contributed by atoms with Gasteiger partial charge in [0.2, 0.25) is 11.8 Å². The lowest BCUT2D eigenvalue weighted by Gasteiger charge is -2.20. The fourth-order valence-electron chi connectivity index (χ4n) is 2.81. The Morgan fingerprint density at radius 3 is 3.05 bits per heavy atom. The first-order valence-electron chi connectivity index (χ1n) is 7.51. The number of hydrogen-bond acceptors (Lipinski definition) is 3. The smallest absolute Gasteiger partial charge is 0.239 e. The third-order valence-electron chi connectivity index (χ3n) is 4.04. The summed E-state index contributed by atoms with van der Waals surface area (Å²) in [4.78, 5) is 25.3. The minimum absolute atomic E-state index is 0.0128. The van der Waals surface area contributed by atoms with E-state index in [1.165, 1.54) is 6.42 Å². The van der Waals surface area contributed by atoms with Gasteiger partial charge in [-0.05, 0) is 44.7 Å². The molecular formula is C14H25N3O2. The number of hydrogen-bond donors (Lipinski definition) is 2. The number of likely N-dealkylation sites (tertiary alicyclic amines) is 1. The Hall–Kier alpha value is -1.10. The molecule has 2 aliphatic heterocycles. The van der Waals surface area contributed by atoms with Crippen molar-refractivity contribution < 1.29 is 9.59 Å². The topological polar surface area (TPSA) is 61.4 Å². The van der Waals surface area contributed by atoms with Crippen LogP contribution in [0.25, 0.3) is 0 Å². The predicted octanol–water partition coefficient (Wildman–Crippen LogP) is 0.505. The molecule has 1 unspecified atom stereocenters. The van der Waals surface area contributed by atoms with Crippen molar-refractivity contribution in [2.45, 2.75) is 38.5 Å². The second-order valence-corrected chi connectivity index (χ2v) is 5.62. The van der Waals surface area contributed by atoms with E-state index in [1.807, 2.05) is 0 Å². The largest absolute Gasteiger partial charge is 0.355 e. The van der Waals surface area contributed by atoms with E-state index in [2.05, 4.69) is 10.6 Å². The second kappa shape index (κ2) is 7.48. The number of carbonyl (C=O) groups excluding carboxylic acids is 2. The highest BCUT2D eigenvalue weighted by Crippen LogP contribution is 2.12. The Morgan fingerprint density at radius 1 is 1.37 bits per heavy atom. The molecule has 2 saturated heterocycles. The van der Waals surface area contributed by atoms with Crippen molar-refractivity contribution in [1.82, 2.24) is 15.5 Å². The molecule has 108 valence electrons. The van der Waals surface area contributed by atoms with Crippen molar-refractivity contribution in [3.8, 4) is 0 Å². The fourth-order valence-corrected chi connectivity index (χ4v) is 2.81. The molecule has 2 amide bonds. The van der Waals surface area contributed by atoms with E-state index in [0.29, 0.717) is 12.3 Å². The maximum atomic E-state index is 11.8. The lowest BCUT2D eigenvalue weighted by molar-refractivity contribution is -0.135. The van der Waals surface area contributed by atoms with Gasteiger partial charge in [-0.25, -0.2) is 0 Å². The van der Waals surface area contributed by atoms with Crippen LogP contribution in [0.3, 0.4) is 0 Å². The summed E-state index contributed by atoms with van der Waals surface area (Å²) in [5.74, 6) is 0.814. The van der Waals surface area contributed by atoms with Crippen LogP contribution in [0, 0.1) is 5.92 Å². The zero-order valence-electron chi connectivity index (χ0n) is 11.6.